The average molecular weight is 236 g/mol. The molecule has 1 aliphatic carbocycles. The lowest BCUT2D eigenvalue weighted by atomic mass is 9.82. The highest BCUT2D eigenvalue weighted by Crippen LogP contribution is 2.28. The number of aliphatic hydroxyl groups excluding tert-OH is 1. The lowest BCUT2D eigenvalue weighted by Crippen LogP contribution is -2.37. The van der Waals surface area contributed by atoms with Gasteiger partial charge in [0.05, 0.1) is 12.7 Å². The highest BCUT2D eigenvalue weighted by molar-refractivity contribution is 5.39. The smallest absolute Gasteiger partial charge is 0.215 e. The predicted octanol–water partition coefficient (Wildman–Crippen LogP) is 1.69. The molecule has 0 saturated heterocycles. The molecule has 0 spiro atoms. The van der Waals surface area contributed by atoms with E-state index in [0.29, 0.717) is 18.4 Å². The van der Waals surface area contributed by atoms with Crippen molar-refractivity contribution >= 4 is 5.82 Å². The molecule has 0 aliphatic heterocycles. The molecule has 0 bridgehead atoms. The molecule has 1 heterocycles. The first-order chi connectivity index (χ1) is 8.19. The van der Waals surface area contributed by atoms with Crippen molar-refractivity contribution in [1.29, 1.82) is 0 Å². The number of hydrogen-bond donors (Lipinski definition) is 1. The Morgan fingerprint density at radius 1 is 1.47 bits per heavy atom. The molecule has 1 N–H and O–H groups in total. The lowest BCUT2D eigenvalue weighted by Gasteiger charge is -2.34. The van der Waals surface area contributed by atoms with Gasteiger partial charge < -0.3 is 14.7 Å². The maximum atomic E-state index is 9.26. The van der Waals surface area contributed by atoms with E-state index in [1.165, 1.54) is 0 Å². The number of ether oxygens (including phenoxy) is 1. The standard InChI is InChI=1S/C13H20N2O2/c1-3-17-13-6-4-5-12(14-13)15(2)9-10-7-11(16)8-10/h4-6,10-11,16H,3,7-9H2,1-2H3. The van der Waals surface area contributed by atoms with Gasteiger partial charge in [0.15, 0.2) is 0 Å². The Balaban J connectivity index is 1.93. The van der Waals surface area contributed by atoms with E-state index >= 15 is 0 Å². The van der Waals surface area contributed by atoms with Crippen molar-refractivity contribution in [1.82, 2.24) is 4.98 Å². The molecular formula is C13H20N2O2. The maximum Gasteiger partial charge on any atom is 0.215 e. The minimum Gasteiger partial charge on any atom is -0.478 e. The molecule has 1 fully saturated rings. The number of aliphatic hydroxyl groups is 1. The third kappa shape index (κ3) is 3.09. The van der Waals surface area contributed by atoms with Gasteiger partial charge in [0.25, 0.3) is 0 Å². The zero-order chi connectivity index (χ0) is 12.3. The van der Waals surface area contributed by atoms with Crippen molar-refractivity contribution in [2.75, 3.05) is 25.1 Å². The highest BCUT2D eigenvalue weighted by Gasteiger charge is 2.28. The number of hydrogen-bond acceptors (Lipinski definition) is 4. The molecule has 17 heavy (non-hydrogen) atoms. The van der Waals surface area contributed by atoms with Crippen LogP contribution in [0.15, 0.2) is 18.2 Å². The van der Waals surface area contributed by atoms with Crippen LogP contribution in [0.3, 0.4) is 0 Å². The minimum atomic E-state index is -0.0869. The second-order valence-corrected chi connectivity index (χ2v) is 4.64. The van der Waals surface area contributed by atoms with Crippen LogP contribution in [0, 0.1) is 5.92 Å². The van der Waals surface area contributed by atoms with Crippen molar-refractivity contribution in [2.24, 2.45) is 5.92 Å². The van der Waals surface area contributed by atoms with Gasteiger partial charge in [-0.15, -0.1) is 0 Å². The summed E-state index contributed by atoms with van der Waals surface area (Å²) in [5.74, 6) is 2.19. The van der Waals surface area contributed by atoms with Crippen LogP contribution in [0.5, 0.6) is 5.88 Å². The van der Waals surface area contributed by atoms with Crippen LogP contribution in [-0.4, -0.2) is 36.4 Å². The summed E-state index contributed by atoms with van der Waals surface area (Å²) >= 11 is 0. The summed E-state index contributed by atoms with van der Waals surface area (Å²) in [7, 11) is 2.03. The molecule has 0 aromatic carbocycles. The maximum absolute atomic E-state index is 9.26. The Hall–Kier alpha value is -1.29. The molecule has 1 saturated carbocycles. The summed E-state index contributed by atoms with van der Waals surface area (Å²) in [4.78, 5) is 6.56. The zero-order valence-corrected chi connectivity index (χ0v) is 10.5. The van der Waals surface area contributed by atoms with Gasteiger partial charge in [0.2, 0.25) is 5.88 Å². The van der Waals surface area contributed by atoms with E-state index in [-0.39, 0.29) is 6.10 Å². The fraction of sp³-hybridized carbons (Fsp3) is 0.615. The van der Waals surface area contributed by atoms with Crippen LogP contribution >= 0.6 is 0 Å². The van der Waals surface area contributed by atoms with Crippen LogP contribution in [-0.2, 0) is 0 Å². The Kier molecular flexibility index (Phi) is 3.84. The van der Waals surface area contributed by atoms with Crippen molar-refractivity contribution in [3.05, 3.63) is 18.2 Å². The fourth-order valence-corrected chi connectivity index (χ4v) is 2.18. The second kappa shape index (κ2) is 5.36. The van der Waals surface area contributed by atoms with Crippen molar-refractivity contribution in [3.63, 3.8) is 0 Å². The van der Waals surface area contributed by atoms with Gasteiger partial charge in [-0.25, -0.2) is 0 Å². The first-order valence-corrected chi connectivity index (χ1v) is 6.18. The zero-order valence-electron chi connectivity index (χ0n) is 10.5. The Morgan fingerprint density at radius 3 is 2.88 bits per heavy atom. The summed E-state index contributed by atoms with van der Waals surface area (Å²) in [6, 6.07) is 5.81. The van der Waals surface area contributed by atoms with Crippen LogP contribution in [0.25, 0.3) is 0 Å². The first kappa shape index (κ1) is 12.2. The summed E-state index contributed by atoms with van der Waals surface area (Å²) in [6.45, 7) is 3.53. The van der Waals surface area contributed by atoms with Crippen LogP contribution < -0.4 is 9.64 Å². The van der Waals surface area contributed by atoms with E-state index in [1.54, 1.807) is 0 Å². The van der Waals surface area contributed by atoms with Crippen LogP contribution in [0.1, 0.15) is 19.8 Å². The molecule has 0 amide bonds. The summed E-state index contributed by atoms with van der Waals surface area (Å²) < 4.78 is 5.38. The van der Waals surface area contributed by atoms with E-state index < -0.39 is 0 Å². The van der Waals surface area contributed by atoms with E-state index in [1.807, 2.05) is 32.2 Å². The van der Waals surface area contributed by atoms with Gasteiger partial charge in [0, 0.05) is 19.7 Å². The number of pyridine rings is 1. The van der Waals surface area contributed by atoms with Crippen molar-refractivity contribution < 1.29 is 9.84 Å². The quantitative estimate of drug-likeness (QED) is 0.845. The largest absolute Gasteiger partial charge is 0.478 e. The third-order valence-corrected chi connectivity index (χ3v) is 3.14. The molecule has 0 unspecified atom stereocenters. The molecule has 0 radical (unpaired) electrons. The summed E-state index contributed by atoms with van der Waals surface area (Å²) in [6.07, 6.45) is 1.74. The molecule has 4 nitrogen and oxygen atoms in total. The Bertz CT molecular complexity index is 364. The second-order valence-electron chi connectivity index (χ2n) is 4.64. The number of aromatic nitrogens is 1. The Labute approximate surface area is 102 Å². The molecule has 1 aromatic rings. The average Bonchev–Trinajstić information content (AvgIpc) is 2.28. The van der Waals surface area contributed by atoms with Gasteiger partial charge in [-0.1, -0.05) is 6.07 Å². The molecule has 1 aromatic heterocycles. The number of anilines is 1. The molecule has 4 heteroatoms. The first-order valence-electron chi connectivity index (χ1n) is 6.18. The third-order valence-electron chi connectivity index (χ3n) is 3.14. The van der Waals surface area contributed by atoms with E-state index in [4.69, 9.17) is 4.74 Å². The van der Waals surface area contributed by atoms with E-state index in [9.17, 15) is 5.11 Å². The van der Waals surface area contributed by atoms with Crippen LogP contribution in [0.4, 0.5) is 5.82 Å². The normalized spacial score (nSPS) is 23.0. The minimum absolute atomic E-state index is 0.0869. The van der Waals surface area contributed by atoms with Gasteiger partial charge >= 0.3 is 0 Å². The molecule has 0 atom stereocenters. The summed E-state index contributed by atoms with van der Waals surface area (Å²) in [5, 5.41) is 9.26. The van der Waals surface area contributed by atoms with Gasteiger partial charge in [-0.05, 0) is 31.7 Å². The van der Waals surface area contributed by atoms with Gasteiger partial charge in [-0.3, -0.25) is 0 Å². The topological polar surface area (TPSA) is 45.6 Å². The summed E-state index contributed by atoms with van der Waals surface area (Å²) in [5.41, 5.74) is 0. The molecular weight excluding hydrogens is 216 g/mol. The molecule has 2 rings (SSSR count). The predicted molar refractivity (Wildman–Crippen MR) is 67.4 cm³/mol. The monoisotopic (exact) mass is 236 g/mol. The van der Waals surface area contributed by atoms with Crippen LogP contribution in [0.2, 0.25) is 0 Å². The number of nitrogens with zero attached hydrogens (tertiary/aromatic N) is 2. The van der Waals surface area contributed by atoms with E-state index in [2.05, 4.69) is 9.88 Å². The number of rotatable bonds is 5. The highest BCUT2D eigenvalue weighted by atomic mass is 16.5. The lowest BCUT2D eigenvalue weighted by molar-refractivity contribution is 0.0464. The van der Waals surface area contributed by atoms with Gasteiger partial charge in [0.1, 0.15) is 5.82 Å². The molecule has 94 valence electrons. The molecule has 1 aliphatic rings. The Morgan fingerprint density at radius 2 is 2.24 bits per heavy atom. The van der Waals surface area contributed by atoms with Gasteiger partial charge in [-0.2, -0.15) is 4.98 Å². The van der Waals surface area contributed by atoms with Crippen molar-refractivity contribution in [3.8, 4) is 5.88 Å². The SMILES string of the molecule is CCOc1cccc(N(C)CC2CC(O)C2)n1. The fourth-order valence-electron chi connectivity index (χ4n) is 2.18. The van der Waals surface area contributed by atoms with E-state index in [0.717, 1.165) is 25.2 Å². The van der Waals surface area contributed by atoms with Crippen molar-refractivity contribution in [2.45, 2.75) is 25.9 Å².